The molecular formula is C16H15O4S2-. The van der Waals surface area contributed by atoms with Crippen LogP contribution in [0, 0.1) is 0 Å². The Labute approximate surface area is 137 Å². The fourth-order valence-corrected chi connectivity index (χ4v) is 4.36. The first-order chi connectivity index (χ1) is 10.6. The van der Waals surface area contributed by atoms with E-state index in [9.17, 15) is 14.7 Å². The van der Waals surface area contributed by atoms with Crippen LogP contribution in [-0.2, 0) is 9.59 Å². The standard InChI is InChI=1S/C16H16O4S2/c1-2-20-12-6-3-11(4-7-12)5-8-13(17)14(15(18)19)16-21-9-10-22-16/h3-8H,2,9-10H2,1H3,(H,18,19)/p-1/b8-5+. The fraction of sp³-hybridized carbons (Fsp3) is 0.250. The van der Waals surface area contributed by atoms with E-state index in [4.69, 9.17) is 4.74 Å². The molecule has 1 fully saturated rings. The first kappa shape index (κ1) is 16.7. The number of hydrogen-bond acceptors (Lipinski definition) is 6. The number of ether oxygens (including phenoxy) is 1. The molecule has 0 N–H and O–H groups in total. The molecule has 0 aromatic heterocycles. The maximum absolute atomic E-state index is 12.1. The average Bonchev–Trinajstić information content (AvgIpc) is 3.00. The van der Waals surface area contributed by atoms with Gasteiger partial charge in [0, 0.05) is 11.5 Å². The van der Waals surface area contributed by atoms with Crippen LogP contribution in [0.15, 0.2) is 40.2 Å². The number of carbonyl (C=O) groups excluding carboxylic acids is 2. The van der Waals surface area contributed by atoms with Gasteiger partial charge in [-0.15, -0.1) is 23.5 Å². The highest BCUT2D eigenvalue weighted by Crippen LogP contribution is 2.38. The molecule has 0 spiro atoms. The Morgan fingerprint density at radius 1 is 1.23 bits per heavy atom. The van der Waals surface area contributed by atoms with Crippen LogP contribution < -0.4 is 9.84 Å². The van der Waals surface area contributed by atoms with Crippen molar-refractivity contribution in [1.29, 1.82) is 0 Å². The van der Waals surface area contributed by atoms with Crippen molar-refractivity contribution in [2.24, 2.45) is 0 Å². The van der Waals surface area contributed by atoms with Crippen LogP contribution in [0.1, 0.15) is 12.5 Å². The number of thioether (sulfide) groups is 2. The summed E-state index contributed by atoms with van der Waals surface area (Å²) in [5, 5.41) is 11.2. The van der Waals surface area contributed by atoms with Crippen LogP contribution in [0.5, 0.6) is 5.75 Å². The van der Waals surface area contributed by atoms with Crippen LogP contribution in [0.3, 0.4) is 0 Å². The summed E-state index contributed by atoms with van der Waals surface area (Å²) in [4.78, 5) is 23.3. The van der Waals surface area contributed by atoms with Crippen LogP contribution in [0.4, 0.5) is 0 Å². The lowest BCUT2D eigenvalue weighted by Crippen LogP contribution is -2.28. The van der Waals surface area contributed by atoms with E-state index in [2.05, 4.69) is 0 Å². The number of carboxylic acid groups (broad SMARTS) is 1. The number of rotatable bonds is 6. The van der Waals surface area contributed by atoms with Gasteiger partial charge in [0.25, 0.3) is 0 Å². The number of carboxylic acids is 1. The van der Waals surface area contributed by atoms with Gasteiger partial charge in [0.15, 0.2) is 5.78 Å². The largest absolute Gasteiger partial charge is 0.545 e. The molecular weight excluding hydrogens is 320 g/mol. The molecule has 4 nitrogen and oxygen atoms in total. The first-order valence-electron chi connectivity index (χ1n) is 6.78. The topological polar surface area (TPSA) is 66.4 Å². The number of benzene rings is 1. The minimum Gasteiger partial charge on any atom is -0.545 e. The smallest absolute Gasteiger partial charge is 0.189 e. The van der Waals surface area contributed by atoms with E-state index in [0.29, 0.717) is 10.8 Å². The Morgan fingerprint density at radius 2 is 1.86 bits per heavy atom. The lowest BCUT2D eigenvalue weighted by molar-refractivity contribution is -0.298. The maximum Gasteiger partial charge on any atom is 0.189 e. The molecule has 1 aliphatic rings. The van der Waals surface area contributed by atoms with Gasteiger partial charge in [-0.3, -0.25) is 4.79 Å². The van der Waals surface area contributed by atoms with E-state index >= 15 is 0 Å². The van der Waals surface area contributed by atoms with E-state index in [1.165, 1.54) is 29.6 Å². The number of aliphatic carboxylic acids is 1. The fourth-order valence-electron chi connectivity index (χ4n) is 1.84. The van der Waals surface area contributed by atoms with Gasteiger partial charge >= 0.3 is 0 Å². The molecule has 22 heavy (non-hydrogen) atoms. The van der Waals surface area contributed by atoms with E-state index in [-0.39, 0.29) is 5.57 Å². The van der Waals surface area contributed by atoms with Gasteiger partial charge in [-0.05, 0) is 30.7 Å². The molecule has 1 aromatic rings. The molecule has 1 aromatic carbocycles. The Kier molecular flexibility index (Phi) is 6.15. The van der Waals surface area contributed by atoms with Gasteiger partial charge < -0.3 is 14.6 Å². The Balaban J connectivity index is 2.12. The molecule has 0 unspecified atom stereocenters. The predicted octanol–water partition coefficient (Wildman–Crippen LogP) is 2.11. The highest BCUT2D eigenvalue weighted by atomic mass is 32.2. The van der Waals surface area contributed by atoms with E-state index in [1.54, 1.807) is 30.3 Å². The molecule has 0 amide bonds. The summed E-state index contributed by atoms with van der Waals surface area (Å²) < 4.78 is 5.88. The van der Waals surface area contributed by atoms with Crippen LogP contribution in [0.25, 0.3) is 6.08 Å². The molecule has 2 rings (SSSR count). The molecule has 1 saturated heterocycles. The van der Waals surface area contributed by atoms with Crippen molar-refractivity contribution >= 4 is 41.4 Å². The van der Waals surface area contributed by atoms with E-state index < -0.39 is 11.8 Å². The van der Waals surface area contributed by atoms with Crippen LogP contribution in [-0.4, -0.2) is 29.9 Å². The van der Waals surface area contributed by atoms with Crippen molar-refractivity contribution in [1.82, 2.24) is 0 Å². The minimum absolute atomic E-state index is 0.241. The molecule has 116 valence electrons. The number of ketones is 1. The van der Waals surface area contributed by atoms with Gasteiger partial charge in [0.2, 0.25) is 0 Å². The lowest BCUT2D eigenvalue weighted by atomic mass is 10.1. The predicted molar refractivity (Wildman–Crippen MR) is 88.6 cm³/mol. The quantitative estimate of drug-likeness (QED) is 0.451. The van der Waals surface area contributed by atoms with Crippen LogP contribution >= 0.6 is 23.5 Å². The summed E-state index contributed by atoms with van der Waals surface area (Å²) in [5.41, 5.74) is 0.556. The van der Waals surface area contributed by atoms with Crippen molar-refractivity contribution in [2.75, 3.05) is 18.1 Å². The molecule has 1 heterocycles. The minimum atomic E-state index is -1.42. The van der Waals surface area contributed by atoms with Gasteiger partial charge in [0.1, 0.15) is 5.75 Å². The third kappa shape index (κ3) is 4.42. The molecule has 0 atom stereocenters. The SMILES string of the molecule is CCOc1ccc(/C=C/C(=O)C(C(=O)[O-])=C2SCCS2)cc1. The normalized spacial score (nSPS) is 14.3. The highest BCUT2D eigenvalue weighted by Gasteiger charge is 2.19. The number of allylic oxidation sites excluding steroid dienone is 1. The second-order valence-corrected chi connectivity index (χ2v) is 6.82. The second-order valence-electron chi connectivity index (χ2n) is 4.35. The summed E-state index contributed by atoms with van der Waals surface area (Å²) in [6.45, 7) is 2.49. The zero-order valence-corrected chi connectivity index (χ0v) is 13.7. The third-order valence-electron chi connectivity index (χ3n) is 2.82. The molecule has 0 bridgehead atoms. The van der Waals surface area contributed by atoms with Gasteiger partial charge in [-0.2, -0.15) is 0 Å². The van der Waals surface area contributed by atoms with Crippen molar-refractivity contribution < 1.29 is 19.4 Å². The zero-order chi connectivity index (χ0) is 15.9. The van der Waals surface area contributed by atoms with Crippen molar-refractivity contribution in [3.63, 3.8) is 0 Å². The maximum atomic E-state index is 12.1. The first-order valence-corrected chi connectivity index (χ1v) is 8.75. The van der Waals surface area contributed by atoms with Gasteiger partial charge in [0.05, 0.1) is 22.4 Å². The lowest BCUT2D eigenvalue weighted by Gasteiger charge is -2.07. The third-order valence-corrected chi connectivity index (χ3v) is 5.54. The number of carbonyl (C=O) groups is 2. The Morgan fingerprint density at radius 3 is 2.41 bits per heavy atom. The van der Waals surface area contributed by atoms with Crippen molar-refractivity contribution in [3.8, 4) is 5.75 Å². The zero-order valence-electron chi connectivity index (χ0n) is 12.0. The highest BCUT2D eigenvalue weighted by molar-refractivity contribution is 8.25. The van der Waals surface area contributed by atoms with E-state index in [1.807, 2.05) is 6.92 Å². The summed E-state index contributed by atoms with van der Waals surface area (Å²) in [5.74, 6) is 0.422. The summed E-state index contributed by atoms with van der Waals surface area (Å²) in [6, 6.07) is 7.21. The average molecular weight is 335 g/mol. The van der Waals surface area contributed by atoms with Gasteiger partial charge in [-0.25, -0.2) is 0 Å². The monoisotopic (exact) mass is 335 g/mol. The second kappa shape index (κ2) is 8.10. The molecule has 0 radical (unpaired) electrons. The summed E-state index contributed by atoms with van der Waals surface area (Å²) in [7, 11) is 0. The summed E-state index contributed by atoms with van der Waals surface area (Å²) >= 11 is 2.77. The van der Waals surface area contributed by atoms with Crippen LogP contribution in [0.2, 0.25) is 0 Å². The molecule has 0 saturated carbocycles. The number of hydrogen-bond donors (Lipinski definition) is 0. The molecule has 6 heteroatoms. The van der Waals surface area contributed by atoms with Crippen molar-refractivity contribution in [2.45, 2.75) is 6.92 Å². The Bertz CT molecular complexity index is 610. The summed E-state index contributed by atoms with van der Waals surface area (Å²) in [6.07, 6.45) is 2.86. The molecule has 1 aliphatic heterocycles. The van der Waals surface area contributed by atoms with Gasteiger partial charge in [-0.1, -0.05) is 18.2 Å². The van der Waals surface area contributed by atoms with Crippen molar-refractivity contribution in [3.05, 3.63) is 45.7 Å². The van der Waals surface area contributed by atoms with E-state index in [0.717, 1.165) is 22.8 Å². The molecule has 0 aliphatic carbocycles. The Hall–Kier alpha value is -1.66.